The van der Waals surface area contributed by atoms with Crippen LogP contribution in [0.1, 0.15) is 55.1 Å². The molecule has 1 spiro atoms. The lowest BCUT2D eigenvalue weighted by atomic mass is 9.93. The second-order valence-corrected chi connectivity index (χ2v) is 7.71. The van der Waals surface area contributed by atoms with Gasteiger partial charge in [-0.25, -0.2) is 13.8 Å². The number of rotatable bonds is 4. The number of hydrogen-bond donors (Lipinski definition) is 2. The van der Waals surface area contributed by atoms with Crippen LogP contribution in [0.4, 0.5) is 8.78 Å². The minimum Gasteiger partial charge on any atom is -0.341 e. The molecule has 1 saturated heterocycles. The molecule has 0 aromatic carbocycles. The molecule has 6 nitrogen and oxygen atoms in total. The molecule has 27 heavy (non-hydrogen) atoms. The normalized spacial score (nSPS) is 19.5. The first-order valence-corrected chi connectivity index (χ1v) is 9.23. The van der Waals surface area contributed by atoms with E-state index in [2.05, 4.69) is 15.3 Å². The van der Waals surface area contributed by atoms with Gasteiger partial charge in [-0.15, -0.1) is 0 Å². The number of piperidine rings is 1. The van der Waals surface area contributed by atoms with Crippen molar-refractivity contribution in [3.63, 3.8) is 0 Å². The summed E-state index contributed by atoms with van der Waals surface area (Å²) in [6, 6.07) is 2.12. The average molecular weight is 376 g/mol. The number of pyridine rings is 1. The molecule has 0 bridgehead atoms. The van der Waals surface area contributed by atoms with Crippen LogP contribution >= 0.6 is 0 Å². The van der Waals surface area contributed by atoms with Gasteiger partial charge in [0.2, 0.25) is 5.91 Å². The molecule has 2 aliphatic rings. The Balaban J connectivity index is 1.40. The van der Waals surface area contributed by atoms with Crippen molar-refractivity contribution < 1.29 is 18.4 Å². The summed E-state index contributed by atoms with van der Waals surface area (Å²) in [7, 11) is 0. The number of H-pyrrole nitrogens is 1. The van der Waals surface area contributed by atoms with Crippen LogP contribution in [0.3, 0.4) is 0 Å². The van der Waals surface area contributed by atoms with Gasteiger partial charge in [0.1, 0.15) is 17.4 Å². The highest BCUT2D eigenvalue weighted by Crippen LogP contribution is 2.53. The highest BCUT2D eigenvalue weighted by atomic mass is 19.3. The predicted octanol–water partition coefficient (Wildman–Crippen LogP) is 3.02. The Morgan fingerprint density at radius 2 is 1.93 bits per heavy atom. The van der Waals surface area contributed by atoms with E-state index >= 15 is 0 Å². The van der Waals surface area contributed by atoms with Crippen LogP contribution in [0.15, 0.2) is 18.3 Å². The Bertz CT molecular complexity index is 881. The van der Waals surface area contributed by atoms with Crippen LogP contribution < -0.4 is 5.32 Å². The van der Waals surface area contributed by atoms with E-state index in [4.69, 9.17) is 0 Å². The zero-order valence-corrected chi connectivity index (χ0v) is 15.1. The molecule has 144 valence electrons. The van der Waals surface area contributed by atoms with Crippen LogP contribution in [0.5, 0.6) is 0 Å². The molecule has 1 aliphatic heterocycles. The minimum atomic E-state index is -2.62. The second-order valence-electron chi connectivity index (χ2n) is 7.71. The van der Waals surface area contributed by atoms with Gasteiger partial charge in [0.05, 0.1) is 0 Å². The molecular weight excluding hydrogens is 354 g/mol. The van der Waals surface area contributed by atoms with Gasteiger partial charge in [-0.2, -0.15) is 0 Å². The maximum Gasteiger partial charge on any atom is 0.268 e. The molecule has 4 rings (SSSR count). The number of alkyl halides is 2. The van der Waals surface area contributed by atoms with Crippen molar-refractivity contribution >= 4 is 22.8 Å². The third kappa shape index (κ3) is 3.52. The smallest absolute Gasteiger partial charge is 0.268 e. The van der Waals surface area contributed by atoms with E-state index in [0.29, 0.717) is 16.4 Å². The summed E-state index contributed by atoms with van der Waals surface area (Å²) >= 11 is 0. The lowest BCUT2D eigenvalue weighted by Gasteiger charge is -2.33. The Morgan fingerprint density at radius 3 is 2.56 bits per heavy atom. The van der Waals surface area contributed by atoms with Crippen LogP contribution in [-0.2, 0) is 4.79 Å². The summed E-state index contributed by atoms with van der Waals surface area (Å²) in [6.07, 6.45) is 3.08. The minimum absolute atomic E-state index is 0.0897. The second kappa shape index (κ2) is 6.58. The van der Waals surface area contributed by atoms with Gasteiger partial charge in [-0.3, -0.25) is 9.59 Å². The number of likely N-dealkylation sites (tertiary alicyclic amines) is 1. The maximum absolute atomic E-state index is 12.8. The van der Waals surface area contributed by atoms with Gasteiger partial charge in [0, 0.05) is 30.2 Å². The van der Waals surface area contributed by atoms with Gasteiger partial charge in [-0.05, 0) is 50.2 Å². The molecule has 3 heterocycles. The fourth-order valence-electron chi connectivity index (χ4n) is 3.76. The van der Waals surface area contributed by atoms with E-state index in [1.165, 1.54) is 25.0 Å². The Hall–Kier alpha value is -2.51. The SMILES string of the molecule is C[C@H](NC(=O)c1cc2cc(C(F)F)cnc2[nH]1)C(=O)N1CCC2(CC1)CC2. The molecule has 2 aromatic rings. The zero-order valence-electron chi connectivity index (χ0n) is 15.1. The summed E-state index contributed by atoms with van der Waals surface area (Å²) < 4.78 is 25.6. The monoisotopic (exact) mass is 376 g/mol. The molecule has 2 fully saturated rings. The molecule has 0 unspecified atom stereocenters. The van der Waals surface area contributed by atoms with Crippen LogP contribution in [0.25, 0.3) is 11.0 Å². The molecule has 1 saturated carbocycles. The van der Waals surface area contributed by atoms with Crippen molar-refractivity contribution in [1.82, 2.24) is 20.2 Å². The Morgan fingerprint density at radius 1 is 1.22 bits per heavy atom. The number of aromatic amines is 1. The number of carbonyl (C=O) groups excluding carboxylic acids is 2. The number of nitrogens with zero attached hydrogens (tertiary/aromatic N) is 2. The highest BCUT2D eigenvalue weighted by molar-refractivity contribution is 5.99. The predicted molar refractivity (Wildman–Crippen MR) is 95.5 cm³/mol. The van der Waals surface area contributed by atoms with Crippen molar-refractivity contribution in [3.05, 3.63) is 29.6 Å². The van der Waals surface area contributed by atoms with Crippen LogP contribution in [-0.4, -0.2) is 45.8 Å². The van der Waals surface area contributed by atoms with Gasteiger partial charge < -0.3 is 15.2 Å². The summed E-state index contributed by atoms with van der Waals surface area (Å²) in [5.74, 6) is -0.545. The lowest BCUT2D eigenvalue weighted by molar-refractivity contribution is -0.134. The van der Waals surface area contributed by atoms with E-state index in [9.17, 15) is 18.4 Å². The van der Waals surface area contributed by atoms with Crippen molar-refractivity contribution in [2.24, 2.45) is 5.41 Å². The van der Waals surface area contributed by atoms with Crippen molar-refractivity contribution in [2.75, 3.05) is 13.1 Å². The topological polar surface area (TPSA) is 78.1 Å². The molecule has 2 amide bonds. The van der Waals surface area contributed by atoms with E-state index in [1.54, 1.807) is 6.92 Å². The number of hydrogen-bond acceptors (Lipinski definition) is 3. The van der Waals surface area contributed by atoms with Crippen LogP contribution in [0, 0.1) is 5.41 Å². The van der Waals surface area contributed by atoms with Gasteiger partial charge in [0.25, 0.3) is 12.3 Å². The van der Waals surface area contributed by atoms with Gasteiger partial charge in [0.15, 0.2) is 0 Å². The number of halogens is 2. The molecule has 1 atom stereocenters. The average Bonchev–Trinajstić information content (AvgIpc) is 3.26. The summed E-state index contributed by atoms with van der Waals surface area (Å²) in [5, 5.41) is 3.12. The van der Waals surface area contributed by atoms with Gasteiger partial charge in [-0.1, -0.05) is 0 Å². The van der Waals surface area contributed by atoms with Crippen molar-refractivity contribution in [2.45, 2.75) is 45.1 Å². The quantitative estimate of drug-likeness (QED) is 0.861. The number of aromatic nitrogens is 2. The lowest BCUT2D eigenvalue weighted by Crippen LogP contribution is -2.49. The summed E-state index contributed by atoms with van der Waals surface area (Å²) in [4.78, 5) is 33.6. The maximum atomic E-state index is 12.8. The fourth-order valence-corrected chi connectivity index (χ4v) is 3.76. The number of carbonyl (C=O) groups is 2. The highest BCUT2D eigenvalue weighted by Gasteiger charge is 2.45. The molecule has 0 radical (unpaired) electrons. The van der Waals surface area contributed by atoms with E-state index in [1.807, 2.05) is 4.90 Å². The number of fused-ring (bicyclic) bond motifs is 1. The first-order chi connectivity index (χ1) is 12.9. The Labute approximate surface area is 155 Å². The molecule has 8 heteroatoms. The fraction of sp³-hybridized carbons (Fsp3) is 0.526. The summed E-state index contributed by atoms with van der Waals surface area (Å²) in [5.41, 5.74) is 0.835. The third-order valence-electron chi connectivity index (χ3n) is 5.80. The molecule has 2 N–H and O–H groups in total. The zero-order chi connectivity index (χ0) is 19.2. The van der Waals surface area contributed by atoms with Crippen LogP contribution in [0.2, 0.25) is 0 Å². The Kier molecular flexibility index (Phi) is 4.36. The number of amides is 2. The number of nitrogens with one attached hydrogen (secondary N) is 2. The first kappa shape index (κ1) is 17.9. The van der Waals surface area contributed by atoms with Crippen molar-refractivity contribution in [1.29, 1.82) is 0 Å². The molecule has 1 aliphatic carbocycles. The largest absolute Gasteiger partial charge is 0.341 e. The molecule has 2 aromatic heterocycles. The first-order valence-electron chi connectivity index (χ1n) is 9.23. The van der Waals surface area contributed by atoms with Gasteiger partial charge >= 0.3 is 0 Å². The van der Waals surface area contributed by atoms with E-state index < -0.39 is 18.4 Å². The van der Waals surface area contributed by atoms with Crippen molar-refractivity contribution in [3.8, 4) is 0 Å². The van der Waals surface area contributed by atoms with E-state index in [0.717, 1.165) is 32.1 Å². The standard InChI is InChI=1S/C19H22F2N4O2/c1-11(18(27)25-6-4-19(2-3-19)5-7-25)23-17(26)14-9-12-8-13(15(20)21)10-22-16(12)24-14/h8-11,15H,2-7H2,1H3,(H,22,24)(H,23,26)/t11-/m0/s1. The third-order valence-corrected chi connectivity index (χ3v) is 5.80. The molecular formula is C19H22F2N4O2. The summed E-state index contributed by atoms with van der Waals surface area (Å²) in [6.45, 7) is 3.15. The van der Waals surface area contributed by atoms with E-state index in [-0.39, 0.29) is 17.2 Å².